The lowest BCUT2D eigenvalue weighted by molar-refractivity contribution is -0.0740. The van der Waals surface area contributed by atoms with Crippen molar-refractivity contribution in [2.24, 2.45) is 5.41 Å². The summed E-state index contributed by atoms with van der Waals surface area (Å²) in [6.45, 7) is 6.15. The van der Waals surface area contributed by atoms with Crippen LogP contribution >= 0.6 is 0 Å². The summed E-state index contributed by atoms with van der Waals surface area (Å²) in [7, 11) is 1.69. The number of aliphatic hydroxyl groups is 1. The van der Waals surface area contributed by atoms with Crippen LogP contribution in [0, 0.1) is 5.41 Å². The molecule has 5 heteroatoms. The molecule has 1 saturated carbocycles. The Morgan fingerprint density at radius 3 is 2.33 bits per heavy atom. The van der Waals surface area contributed by atoms with Crippen molar-refractivity contribution in [3.05, 3.63) is 11.7 Å². The Kier molecular flexibility index (Phi) is 3.47. The lowest BCUT2D eigenvalue weighted by Crippen LogP contribution is -2.37. The Labute approximate surface area is 108 Å². The molecule has 1 aliphatic carbocycles. The smallest absolute Gasteiger partial charge is 0.255 e. The third kappa shape index (κ3) is 2.42. The van der Waals surface area contributed by atoms with Gasteiger partial charge in [0, 0.05) is 7.11 Å². The van der Waals surface area contributed by atoms with E-state index in [1.54, 1.807) is 14.0 Å². The minimum absolute atomic E-state index is 0.256. The minimum Gasteiger partial charge on any atom is -0.384 e. The molecular formula is C13H22N2O3. The summed E-state index contributed by atoms with van der Waals surface area (Å²) in [6.07, 6.45) is 3.17. The van der Waals surface area contributed by atoms with Crippen LogP contribution in [-0.2, 0) is 10.3 Å². The standard InChI is InChI=1S/C13H22N2O3/c1-9(16)10-14-11(15-18-10)13(17-4)7-5-12(2,3)6-8-13/h9,16H,5-8H2,1-4H3/t9-/m0/s1. The van der Waals surface area contributed by atoms with E-state index in [2.05, 4.69) is 24.0 Å². The molecule has 1 aromatic heterocycles. The Bertz CT molecular complexity index is 402. The van der Waals surface area contributed by atoms with E-state index in [9.17, 15) is 5.11 Å². The van der Waals surface area contributed by atoms with E-state index < -0.39 is 11.7 Å². The first kappa shape index (κ1) is 13.5. The van der Waals surface area contributed by atoms with E-state index in [0.29, 0.717) is 11.2 Å². The van der Waals surface area contributed by atoms with Crippen molar-refractivity contribution in [1.29, 1.82) is 0 Å². The summed E-state index contributed by atoms with van der Waals surface area (Å²) in [6, 6.07) is 0. The average Bonchev–Trinajstić information content (AvgIpc) is 2.80. The fourth-order valence-corrected chi connectivity index (χ4v) is 2.44. The second-order valence-corrected chi connectivity index (χ2v) is 5.99. The van der Waals surface area contributed by atoms with Crippen molar-refractivity contribution in [2.75, 3.05) is 7.11 Å². The molecule has 0 unspecified atom stereocenters. The highest BCUT2D eigenvalue weighted by Crippen LogP contribution is 2.46. The number of aromatic nitrogens is 2. The van der Waals surface area contributed by atoms with Gasteiger partial charge in [-0.2, -0.15) is 4.98 Å². The molecular weight excluding hydrogens is 232 g/mol. The van der Waals surface area contributed by atoms with Gasteiger partial charge < -0.3 is 14.4 Å². The Morgan fingerprint density at radius 1 is 1.28 bits per heavy atom. The van der Waals surface area contributed by atoms with Crippen molar-refractivity contribution in [1.82, 2.24) is 10.1 Å². The van der Waals surface area contributed by atoms with Crippen molar-refractivity contribution in [3.8, 4) is 0 Å². The van der Waals surface area contributed by atoms with Gasteiger partial charge >= 0.3 is 0 Å². The van der Waals surface area contributed by atoms with Crippen LogP contribution in [0.4, 0.5) is 0 Å². The summed E-state index contributed by atoms with van der Waals surface area (Å²) in [5.41, 5.74) is -0.106. The topological polar surface area (TPSA) is 68.4 Å². The van der Waals surface area contributed by atoms with Crippen LogP contribution in [0.1, 0.15) is 64.3 Å². The second kappa shape index (κ2) is 4.63. The maximum Gasteiger partial charge on any atom is 0.255 e. The summed E-state index contributed by atoms with van der Waals surface area (Å²) in [4.78, 5) is 4.27. The van der Waals surface area contributed by atoms with Crippen LogP contribution in [-0.4, -0.2) is 22.4 Å². The van der Waals surface area contributed by atoms with Crippen LogP contribution < -0.4 is 0 Å². The molecule has 0 amide bonds. The van der Waals surface area contributed by atoms with Crippen LogP contribution in [0.25, 0.3) is 0 Å². The van der Waals surface area contributed by atoms with Crippen molar-refractivity contribution >= 4 is 0 Å². The fraction of sp³-hybridized carbons (Fsp3) is 0.846. The highest BCUT2D eigenvalue weighted by Gasteiger charge is 2.43. The molecule has 5 nitrogen and oxygen atoms in total. The largest absolute Gasteiger partial charge is 0.384 e. The molecule has 1 heterocycles. The SMILES string of the molecule is COC1(c2noc([C@H](C)O)n2)CCC(C)(C)CC1. The molecule has 1 fully saturated rings. The van der Waals surface area contributed by atoms with Crippen LogP contribution in [0.2, 0.25) is 0 Å². The Balaban J connectivity index is 2.22. The van der Waals surface area contributed by atoms with Crippen LogP contribution in [0.5, 0.6) is 0 Å². The monoisotopic (exact) mass is 254 g/mol. The summed E-state index contributed by atoms with van der Waals surface area (Å²) in [5.74, 6) is 0.822. The van der Waals surface area contributed by atoms with Crippen molar-refractivity contribution < 1.29 is 14.4 Å². The van der Waals surface area contributed by atoms with Crippen LogP contribution in [0.3, 0.4) is 0 Å². The summed E-state index contributed by atoms with van der Waals surface area (Å²) in [5, 5.41) is 13.4. The summed E-state index contributed by atoms with van der Waals surface area (Å²) >= 11 is 0. The van der Waals surface area contributed by atoms with E-state index in [1.165, 1.54) is 0 Å². The molecule has 0 radical (unpaired) electrons. The first-order chi connectivity index (χ1) is 8.38. The Morgan fingerprint density at radius 2 is 1.89 bits per heavy atom. The quantitative estimate of drug-likeness (QED) is 0.897. The maximum absolute atomic E-state index is 9.44. The first-order valence-electron chi connectivity index (χ1n) is 6.46. The van der Waals surface area contributed by atoms with Crippen molar-refractivity contribution in [3.63, 3.8) is 0 Å². The number of nitrogens with zero attached hydrogens (tertiary/aromatic N) is 2. The lowest BCUT2D eigenvalue weighted by atomic mass is 9.70. The van der Waals surface area contributed by atoms with E-state index in [4.69, 9.17) is 9.26 Å². The van der Waals surface area contributed by atoms with Gasteiger partial charge in [0.15, 0.2) is 0 Å². The molecule has 18 heavy (non-hydrogen) atoms. The molecule has 2 rings (SSSR count). The number of aliphatic hydroxyl groups excluding tert-OH is 1. The molecule has 1 atom stereocenters. The molecule has 0 saturated heterocycles. The van der Waals surface area contributed by atoms with Gasteiger partial charge in [-0.25, -0.2) is 0 Å². The van der Waals surface area contributed by atoms with E-state index >= 15 is 0 Å². The third-order valence-corrected chi connectivity index (χ3v) is 4.01. The van der Waals surface area contributed by atoms with Gasteiger partial charge in [0.05, 0.1) is 0 Å². The van der Waals surface area contributed by atoms with Gasteiger partial charge in [0.2, 0.25) is 5.82 Å². The molecule has 1 N–H and O–H groups in total. The van der Waals surface area contributed by atoms with Gasteiger partial charge in [0.25, 0.3) is 5.89 Å². The Hall–Kier alpha value is -0.940. The zero-order chi connectivity index (χ0) is 13.4. The number of hydrogen-bond donors (Lipinski definition) is 1. The lowest BCUT2D eigenvalue weighted by Gasteiger charge is -2.40. The predicted octanol–water partition coefficient (Wildman–Crippen LogP) is 2.56. The molecule has 0 aliphatic heterocycles. The molecule has 0 aromatic carbocycles. The molecule has 1 aliphatic rings. The number of ether oxygens (including phenoxy) is 1. The number of hydrogen-bond acceptors (Lipinski definition) is 5. The average molecular weight is 254 g/mol. The van der Waals surface area contributed by atoms with Gasteiger partial charge in [-0.05, 0) is 38.0 Å². The van der Waals surface area contributed by atoms with E-state index in [1.807, 2.05) is 0 Å². The number of rotatable bonds is 3. The van der Waals surface area contributed by atoms with Gasteiger partial charge in [-0.15, -0.1) is 0 Å². The molecule has 102 valence electrons. The number of methoxy groups -OCH3 is 1. The normalized spacial score (nSPS) is 23.8. The fourth-order valence-electron chi connectivity index (χ4n) is 2.44. The first-order valence-corrected chi connectivity index (χ1v) is 6.46. The predicted molar refractivity (Wildman–Crippen MR) is 65.9 cm³/mol. The van der Waals surface area contributed by atoms with Gasteiger partial charge in [0.1, 0.15) is 11.7 Å². The maximum atomic E-state index is 9.44. The molecule has 1 aromatic rings. The highest BCUT2D eigenvalue weighted by atomic mass is 16.5. The zero-order valence-corrected chi connectivity index (χ0v) is 11.6. The van der Waals surface area contributed by atoms with Crippen LogP contribution in [0.15, 0.2) is 4.52 Å². The molecule has 0 bridgehead atoms. The van der Waals surface area contributed by atoms with Gasteiger partial charge in [-0.3, -0.25) is 0 Å². The summed E-state index contributed by atoms with van der Waals surface area (Å²) < 4.78 is 10.8. The van der Waals surface area contributed by atoms with Crippen molar-refractivity contribution in [2.45, 2.75) is 58.2 Å². The second-order valence-electron chi connectivity index (χ2n) is 5.99. The van der Waals surface area contributed by atoms with E-state index in [0.717, 1.165) is 25.7 Å². The third-order valence-electron chi connectivity index (χ3n) is 4.01. The highest BCUT2D eigenvalue weighted by molar-refractivity contribution is 5.05. The zero-order valence-electron chi connectivity index (χ0n) is 11.6. The van der Waals surface area contributed by atoms with E-state index in [-0.39, 0.29) is 5.89 Å². The molecule has 0 spiro atoms. The van der Waals surface area contributed by atoms with Gasteiger partial charge in [-0.1, -0.05) is 19.0 Å². The minimum atomic E-state index is -0.736.